The zero-order chi connectivity index (χ0) is 22.7. The first kappa shape index (κ1) is 21.2. The number of aryl methyl sites for hydroxylation is 1. The van der Waals surface area contributed by atoms with Crippen LogP contribution in [0.1, 0.15) is 18.5 Å². The summed E-state index contributed by atoms with van der Waals surface area (Å²) in [6.07, 6.45) is 0. The molecule has 3 aromatic carbocycles. The summed E-state index contributed by atoms with van der Waals surface area (Å²) in [4.78, 5) is 25.2. The molecule has 4 rings (SSSR count). The number of anilines is 1. The summed E-state index contributed by atoms with van der Waals surface area (Å²) in [7, 11) is 0. The van der Waals surface area contributed by atoms with Gasteiger partial charge in [-0.1, -0.05) is 48.5 Å². The van der Waals surface area contributed by atoms with Gasteiger partial charge < -0.3 is 5.32 Å². The molecular weight excluding hydrogens is 405 g/mol. The number of rotatable bonds is 5. The first-order valence-corrected chi connectivity index (χ1v) is 10.2. The monoisotopic (exact) mass is 427 g/mol. The van der Waals surface area contributed by atoms with Crippen molar-refractivity contribution in [3.05, 3.63) is 107 Å². The van der Waals surface area contributed by atoms with E-state index < -0.39 is 23.3 Å². The van der Waals surface area contributed by atoms with E-state index in [0.717, 1.165) is 21.4 Å². The highest BCUT2D eigenvalue weighted by molar-refractivity contribution is 5.93. The number of nitrogens with zero attached hydrogens (tertiary/aromatic N) is 2. The van der Waals surface area contributed by atoms with Crippen LogP contribution in [-0.4, -0.2) is 15.7 Å². The van der Waals surface area contributed by atoms with Crippen LogP contribution in [0.4, 0.5) is 10.1 Å². The Morgan fingerprint density at radius 1 is 0.906 bits per heavy atom. The Morgan fingerprint density at radius 2 is 1.62 bits per heavy atom. The third-order valence-corrected chi connectivity index (χ3v) is 5.15. The van der Waals surface area contributed by atoms with Crippen molar-refractivity contribution in [1.82, 2.24) is 9.78 Å². The summed E-state index contributed by atoms with van der Waals surface area (Å²) in [5.74, 6) is -0.900. The number of hydrogen-bond acceptors (Lipinski definition) is 3. The highest BCUT2D eigenvalue weighted by atomic mass is 19.1. The van der Waals surface area contributed by atoms with Crippen molar-refractivity contribution in [2.24, 2.45) is 0 Å². The maximum Gasteiger partial charge on any atom is 0.267 e. The molecule has 0 saturated carbocycles. The van der Waals surface area contributed by atoms with Crippen LogP contribution in [0.2, 0.25) is 0 Å². The first-order chi connectivity index (χ1) is 15.4. The molecule has 0 bridgehead atoms. The molecule has 1 amide bonds. The van der Waals surface area contributed by atoms with Crippen molar-refractivity contribution < 1.29 is 9.18 Å². The maximum atomic E-state index is 13.6. The van der Waals surface area contributed by atoms with Crippen molar-refractivity contribution in [3.8, 4) is 22.4 Å². The van der Waals surface area contributed by atoms with E-state index in [2.05, 4.69) is 10.4 Å². The molecule has 1 atom stereocenters. The van der Waals surface area contributed by atoms with E-state index in [9.17, 15) is 14.0 Å². The Kier molecular flexibility index (Phi) is 5.94. The Bertz CT molecular complexity index is 1310. The summed E-state index contributed by atoms with van der Waals surface area (Å²) in [5.41, 5.74) is 4.11. The largest absolute Gasteiger partial charge is 0.324 e. The van der Waals surface area contributed by atoms with Crippen molar-refractivity contribution >= 4 is 11.6 Å². The lowest BCUT2D eigenvalue weighted by molar-refractivity contribution is -0.119. The lowest BCUT2D eigenvalue weighted by Gasteiger charge is -2.15. The van der Waals surface area contributed by atoms with Gasteiger partial charge in [0.2, 0.25) is 5.91 Å². The van der Waals surface area contributed by atoms with Gasteiger partial charge in [-0.2, -0.15) is 5.10 Å². The van der Waals surface area contributed by atoms with E-state index in [1.807, 2.05) is 54.6 Å². The van der Waals surface area contributed by atoms with Crippen molar-refractivity contribution in [2.75, 3.05) is 5.32 Å². The molecular formula is C26H22FN3O2. The Morgan fingerprint density at radius 3 is 2.38 bits per heavy atom. The number of carbonyl (C=O) groups is 1. The second-order valence-electron chi connectivity index (χ2n) is 7.63. The van der Waals surface area contributed by atoms with Crippen LogP contribution in [-0.2, 0) is 4.79 Å². The summed E-state index contributed by atoms with van der Waals surface area (Å²) < 4.78 is 14.8. The normalized spacial score (nSPS) is 11.7. The van der Waals surface area contributed by atoms with Gasteiger partial charge in [-0.15, -0.1) is 0 Å². The van der Waals surface area contributed by atoms with Crippen LogP contribution < -0.4 is 10.9 Å². The second kappa shape index (κ2) is 8.98. The average Bonchev–Trinajstić information content (AvgIpc) is 2.79. The minimum absolute atomic E-state index is 0.333. The summed E-state index contributed by atoms with van der Waals surface area (Å²) in [5, 5.41) is 7.10. The van der Waals surface area contributed by atoms with Gasteiger partial charge in [-0.05, 0) is 60.9 Å². The fourth-order valence-corrected chi connectivity index (χ4v) is 3.51. The highest BCUT2D eigenvalue weighted by Crippen LogP contribution is 2.25. The van der Waals surface area contributed by atoms with Crippen LogP contribution in [0.3, 0.4) is 0 Å². The van der Waals surface area contributed by atoms with E-state index in [-0.39, 0.29) is 0 Å². The molecule has 0 aliphatic heterocycles. The number of halogens is 1. The van der Waals surface area contributed by atoms with Gasteiger partial charge in [0.15, 0.2) is 0 Å². The van der Waals surface area contributed by atoms with Gasteiger partial charge >= 0.3 is 0 Å². The predicted molar refractivity (Wildman–Crippen MR) is 124 cm³/mol. The highest BCUT2D eigenvalue weighted by Gasteiger charge is 2.19. The van der Waals surface area contributed by atoms with E-state index in [0.29, 0.717) is 16.9 Å². The third-order valence-electron chi connectivity index (χ3n) is 5.15. The van der Waals surface area contributed by atoms with E-state index in [1.54, 1.807) is 26.0 Å². The molecule has 0 aliphatic rings. The minimum atomic E-state index is -0.886. The zero-order valence-electron chi connectivity index (χ0n) is 17.7. The van der Waals surface area contributed by atoms with Gasteiger partial charge in [0.25, 0.3) is 5.56 Å². The molecule has 1 N–H and O–H groups in total. The molecule has 1 unspecified atom stereocenters. The van der Waals surface area contributed by atoms with E-state index in [1.165, 1.54) is 18.2 Å². The molecule has 4 aromatic rings. The molecule has 6 heteroatoms. The summed E-state index contributed by atoms with van der Waals surface area (Å²) in [6.45, 7) is 3.32. The van der Waals surface area contributed by atoms with Crippen LogP contribution in [0.25, 0.3) is 22.4 Å². The van der Waals surface area contributed by atoms with Crippen LogP contribution >= 0.6 is 0 Å². The summed E-state index contributed by atoms with van der Waals surface area (Å²) in [6, 6.07) is 24.2. The Balaban J connectivity index is 1.63. The van der Waals surface area contributed by atoms with Crippen LogP contribution in [0, 0.1) is 12.7 Å². The van der Waals surface area contributed by atoms with E-state index >= 15 is 0 Å². The lowest BCUT2D eigenvalue weighted by Crippen LogP contribution is -2.33. The molecule has 1 heterocycles. The quantitative estimate of drug-likeness (QED) is 0.475. The molecule has 0 aliphatic carbocycles. The molecule has 5 nitrogen and oxygen atoms in total. The SMILES string of the molecule is Cc1cc(F)cc(NC(=O)C(C)n2nc(-c3cccc(-c4ccccc4)c3)ccc2=O)c1. The molecule has 160 valence electrons. The lowest BCUT2D eigenvalue weighted by atomic mass is 10.0. The second-order valence-corrected chi connectivity index (χ2v) is 7.63. The Hall–Kier alpha value is -4.06. The zero-order valence-corrected chi connectivity index (χ0v) is 17.7. The number of amides is 1. The number of nitrogens with one attached hydrogen (secondary N) is 1. The number of carbonyl (C=O) groups excluding carboxylic acids is 1. The van der Waals surface area contributed by atoms with E-state index in [4.69, 9.17) is 0 Å². The van der Waals surface area contributed by atoms with Gasteiger partial charge in [-0.3, -0.25) is 9.59 Å². The van der Waals surface area contributed by atoms with Gasteiger partial charge in [-0.25, -0.2) is 9.07 Å². The Labute approximate surface area is 185 Å². The standard InChI is InChI=1S/C26H22FN3O2/c1-17-13-22(27)16-23(14-17)28-26(32)18(2)30-25(31)12-11-24(29-30)21-10-6-9-20(15-21)19-7-4-3-5-8-19/h3-16,18H,1-2H3,(H,28,32). The van der Waals surface area contributed by atoms with Crippen LogP contribution in [0.5, 0.6) is 0 Å². The van der Waals surface area contributed by atoms with Gasteiger partial charge in [0.05, 0.1) is 5.69 Å². The van der Waals surface area contributed by atoms with Gasteiger partial charge in [0, 0.05) is 17.3 Å². The maximum absolute atomic E-state index is 13.6. The van der Waals surface area contributed by atoms with Crippen LogP contribution in [0.15, 0.2) is 89.7 Å². The summed E-state index contributed by atoms with van der Waals surface area (Å²) >= 11 is 0. The first-order valence-electron chi connectivity index (χ1n) is 10.2. The molecule has 0 spiro atoms. The fourth-order valence-electron chi connectivity index (χ4n) is 3.51. The number of hydrogen-bond donors (Lipinski definition) is 1. The topological polar surface area (TPSA) is 64.0 Å². The van der Waals surface area contributed by atoms with Crippen molar-refractivity contribution in [2.45, 2.75) is 19.9 Å². The number of benzene rings is 3. The molecule has 0 fully saturated rings. The number of aromatic nitrogens is 2. The average molecular weight is 427 g/mol. The fraction of sp³-hybridized carbons (Fsp3) is 0.115. The predicted octanol–water partition coefficient (Wildman–Crippen LogP) is 5.22. The van der Waals surface area contributed by atoms with Crippen molar-refractivity contribution in [1.29, 1.82) is 0 Å². The molecule has 0 saturated heterocycles. The molecule has 1 aromatic heterocycles. The third kappa shape index (κ3) is 4.64. The van der Waals surface area contributed by atoms with Gasteiger partial charge in [0.1, 0.15) is 11.9 Å². The van der Waals surface area contributed by atoms with Crippen molar-refractivity contribution in [3.63, 3.8) is 0 Å². The smallest absolute Gasteiger partial charge is 0.267 e. The molecule has 32 heavy (non-hydrogen) atoms. The molecule has 0 radical (unpaired) electrons. The minimum Gasteiger partial charge on any atom is -0.324 e.